The molecule has 0 aliphatic rings. The molecule has 0 aromatic carbocycles. The highest BCUT2D eigenvalue weighted by Gasteiger charge is 2.64. The molecule has 0 atom stereocenters. The zero-order valence-electron chi connectivity index (χ0n) is 44.3. The van der Waals surface area contributed by atoms with E-state index in [1.807, 2.05) is 0 Å². The van der Waals surface area contributed by atoms with Gasteiger partial charge >= 0.3 is 0 Å². The molecule has 76 heavy (non-hydrogen) atoms. The van der Waals surface area contributed by atoms with Gasteiger partial charge in [-0.15, -0.1) is 6.82 Å². The molecule has 0 nitrogen and oxygen atoms in total. The lowest BCUT2D eigenvalue weighted by Gasteiger charge is -2.58. The summed E-state index contributed by atoms with van der Waals surface area (Å²) in [5.41, 5.74) is 0. The maximum atomic E-state index is 7.04. The van der Waals surface area contributed by atoms with Gasteiger partial charge in [-0.05, 0) is 0 Å². The fourth-order valence-corrected chi connectivity index (χ4v) is 13.7. The summed E-state index contributed by atoms with van der Waals surface area (Å²) >= 11 is 0. The molecule has 0 aliphatic heterocycles. The lowest BCUT2D eigenvalue weighted by atomic mass is 8.23. The van der Waals surface area contributed by atoms with Crippen molar-refractivity contribution >= 4 is 530 Å². The highest BCUT2D eigenvalue weighted by Crippen LogP contribution is 2.26. The molecular weight excluding hydrogens is 823 g/mol. The Labute approximate surface area is 532 Å². The average molecular weight is 826 g/mol. The molecule has 0 aromatic rings. The molecule has 0 spiro atoms. The molecular formula is CH3B75. The average Bonchev–Trinajstić information content (AvgIpc) is 3.19. The van der Waals surface area contributed by atoms with Crippen LogP contribution < -0.4 is 0 Å². The van der Waals surface area contributed by atoms with Crippen molar-refractivity contribution in [1.29, 1.82) is 0 Å². The van der Waals surface area contributed by atoms with Crippen molar-refractivity contribution in [1.82, 2.24) is 0 Å². The van der Waals surface area contributed by atoms with Crippen LogP contribution in [-0.4, -0.2) is 530 Å². The van der Waals surface area contributed by atoms with Crippen molar-refractivity contribution < 1.29 is 0 Å². The van der Waals surface area contributed by atoms with Crippen LogP contribution in [0.5, 0.6) is 0 Å². The summed E-state index contributed by atoms with van der Waals surface area (Å²) in [5.74, 6) is 0. The molecule has 76 radical (unpaired) electrons. The van der Waals surface area contributed by atoms with Gasteiger partial charge in [0.15, 0.2) is 0 Å². The summed E-state index contributed by atoms with van der Waals surface area (Å²) in [4.78, 5) is 0. The predicted octanol–water partition coefficient (Wildman–Crippen LogP) is -28.0. The van der Waals surface area contributed by atoms with E-state index < -0.39 is 236 Å². The van der Waals surface area contributed by atoms with E-state index in [4.69, 9.17) is 294 Å². The number of hydrogen-bond acceptors (Lipinski definition) is 0. The van der Waals surface area contributed by atoms with Gasteiger partial charge in [0.2, 0.25) is 0 Å². The molecule has 0 aromatic heterocycles. The van der Waals surface area contributed by atoms with Crippen molar-refractivity contribution in [3.05, 3.63) is 0 Å². The Bertz CT molecular complexity index is 1280. The summed E-state index contributed by atoms with van der Waals surface area (Å²) in [6, 6.07) is 0. The van der Waals surface area contributed by atoms with Gasteiger partial charge in [-0.2, -0.15) is 0 Å². The van der Waals surface area contributed by atoms with E-state index in [0.717, 1.165) is 0 Å². The first-order valence-corrected chi connectivity index (χ1v) is 25.2. The molecule has 0 unspecified atom stereocenters. The summed E-state index contributed by atoms with van der Waals surface area (Å²) in [7, 11) is 257. The first-order valence-electron chi connectivity index (χ1n) is 25.2. The number of rotatable bonds is 36. The van der Waals surface area contributed by atoms with Crippen molar-refractivity contribution in [3.8, 4) is 0 Å². The van der Waals surface area contributed by atoms with Crippen LogP contribution in [0.2, 0.25) is 6.82 Å². The summed E-state index contributed by atoms with van der Waals surface area (Å²) < 4.78 is 0. The molecule has 75 heteroatoms. The van der Waals surface area contributed by atoms with Gasteiger partial charge in [0.05, 0.1) is 0 Å². The third-order valence-electron chi connectivity index (χ3n) is 16.3. The van der Waals surface area contributed by atoms with Gasteiger partial charge in [0, 0.05) is 530 Å². The standard InChI is InChI=1S/CH3B75/c1-40(60(72(63(43(6)7)44(8)9)64(45(10)11)46(12)13)73(65(47(14)15)48(16)17)66(49(18)19)50(20)21)61(74(67(51(22)23)52(24)25)68(53(26)27)54(28)29)75(71(59(38)39)62(41(2)3)42(4)5)76(69(55(30)31)56(32)33)70(57(34)35)58(36)37/h1H3. The minimum absolute atomic E-state index is 1.39. The zero-order chi connectivity index (χ0) is 60.4. The Morgan fingerprint density at radius 1 is 0.105 bits per heavy atom. The first-order chi connectivity index (χ1) is 34.5. The zero-order valence-corrected chi connectivity index (χ0v) is 44.3. The molecule has 0 heterocycles. The van der Waals surface area contributed by atoms with Crippen molar-refractivity contribution in [2.45, 2.75) is 6.82 Å². The van der Waals surface area contributed by atoms with E-state index in [1.165, 1.54) is 0 Å². The second-order valence-corrected chi connectivity index (χ2v) is 21.6. The molecule has 0 N–H and O–H groups in total. The van der Waals surface area contributed by atoms with Crippen molar-refractivity contribution in [2.75, 3.05) is 0 Å². The van der Waals surface area contributed by atoms with Gasteiger partial charge in [-0.3, -0.25) is 0 Å². The minimum atomic E-state index is -1.64. The van der Waals surface area contributed by atoms with E-state index in [1.54, 1.807) is 6.82 Å². The summed E-state index contributed by atoms with van der Waals surface area (Å²) in [6.45, 7) is 0.224. The third kappa shape index (κ3) is 21.6. The normalized spacial score (nSPS) is 9.80. The van der Waals surface area contributed by atoms with Gasteiger partial charge < -0.3 is 0 Å². The highest BCUT2D eigenvalue weighted by molar-refractivity contribution is 8.37. The molecule has 232 valence electrons. The first kappa shape index (κ1) is 80.9. The van der Waals surface area contributed by atoms with Gasteiger partial charge in [-0.1, -0.05) is 0 Å². The highest BCUT2D eigenvalue weighted by atomic mass is 13.5. The fourth-order valence-electron chi connectivity index (χ4n) is 13.7. The largest absolute Gasteiger partial charge is 0.101 e. The Balaban J connectivity index is 11.7. The van der Waals surface area contributed by atoms with Crippen LogP contribution >= 0.6 is 0 Å². The van der Waals surface area contributed by atoms with E-state index in [9.17, 15) is 0 Å². The smallest absolute Gasteiger partial charge is 0.0413 e. The quantitative estimate of drug-likeness (QED) is 0.0552. The predicted molar refractivity (Wildman–Crippen MR) is 437 cm³/mol. The van der Waals surface area contributed by atoms with Crippen LogP contribution in [0.3, 0.4) is 0 Å². The Morgan fingerprint density at radius 2 is 0.184 bits per heavy atom. The van der Waals surface area contributed by atoms with Crippen molar-refractivity contribution in [3.63, 3.8) is 0 Å². The Hall–Kier alpha value is 4.87. The van der Waals surface area contributed by atoms with E-state index in [0.29, 0.717) is 0 Å². The van der Waals surface area contributed by atoms with Crippen LogP contribution in [-0.2, 0) is 0 Å². The van der Waals surface area contributed by atoms with E-state index in [2.05, 4.69) is 0 Å². The molecule has 0 aliphatic carbocycles. The van der Waals surface area contributed by atoms with Gasteiger partial charge in [-0.25, -0.2) is 0 Å². The van der Waals surface area contributed by atoms with E-state index in [-0.39, 0.29) is 0 Å². The Morgan fingerprint density at radius 3 is 0.289 bits per heavy atom. The SMILES string of the molecule is [B]B([B])B(B([B])[B])B(B([B])[B])B(B(B(C)B(B(B(B([B])[B])B([B])[B])B(B([B])[B])B([B])[B])B(B(B([B])[B])B([B])[B])B(B([B])[B])B([B])[B])B(B(B([B])[B])B([B])[B])B(B([B])[B])B([B])[B])B(B(B([B])[B])B([B])[B])B(B([B])[B])B([B])[B]. The lowest BCUT2D eigenvalue weighted by molar-refractivity contribution is 2.32. The van der Waals surface area contributed by atoms with Crippen LogP contribution in [0, 0.1) is 0 Å². The maximum absolute atomic E-state index is 7.04. The van der Waals surface area contributed by atoms with Crippen LogP contribution in [0.4, 0.5) is 0 Å². The summed E-state index contributed by atoms with van der Waals surface area (Å²) in [5, 5.41) is 0. The molecule has 0 bridgehead atoms. The third-order valence-corrected chi connectivity index (χ3v) is 16.3. The number of hydrogen-bond donors (Lipinski definition) is 0. The van der Waals surface area contributed by atoms with Crippen LogP contribution in [0.1, 0.15) is 0 Å². The summed E-state index contributed by atoms with van der Waals surface area (Å²) in [6.07, 6.45) is -53.8. The second kappa shape index (κ2) is 37.0. The van der Waals surface area contributed by atoms with Gasteiger partial charge in [0.1, 0.15) is 0 Å². The topological polar surface area (TPSA) is 0 Å². The molecule has 0 saturated heterocycles. The van der Waals surface area contributed by atoms with Crippen molar-refractivity contribution in [2.24, 2.45) is 0 Å². The molecule has 0 rings (SSSR count). The molecule has 0 fully saturated rings. The minimum Gasteiger partial charge on any atom is -0.101 e. The molecule has 0 saturated carbocycles. The lowest BCUT2D eigenvalue weighted by Crippen LogP contribution is -2.96. The maximum Gasteiger partial charge on any atom is 0.0413 e. The fraction of sp³-hybridized carbons (Fsp3) is 1.00. The van der Waals surface area contributed by atoms with Gasteiger partial charge in [0.25, 0.3) is 0 Å². The Kier molecular flexibility index (Phi) is 39.4. The van der Waals surface area contributed by atoms with Crippen LogP contribution in [0.25, 0.3) is 0 Å². The monoisotopic (exact) mass is 841 g/mol. The van der Waals surface area contributed by atoms with Crippen LogP contribution in [0.15, 0.2) is 0 Å². The molecule has 0 amide bonds. The van der Waals surface area contributed by atoms with E-state index >= 15 is 0 Å². The second-order valence-electron chi connectivity index (χ2n) is 21.6.